The number of alkyl halides is 3. The van der Waals surface area contributed by atoms with Crippen molar-refractivity contribution in [3.8, 4) is 0 Å². The first-order chi connectivity index (χ1) is 13.7. The molecule has 0 spiro atoms. The van der Waals surface area contributed by atoms with Gasteiger partial charge in [-0.2, -0.15) is 13.2 Å². The summed E-state index contributed by atoms with van der Waals surface area (Å²) in [7, 11) is 0. The molecule has 1 heterocycles. The van der Waals surface area contributed by atoms with Crippen molar-refractivity contribution in [2.75, 3.05) is 18.4 Å². The molecule has 3 rings (SSSR count). The third kappa shape index (κ3) is 4.51. The van der Waals surface area contributed by atoms with E-state index in [0.29, 0.717) is 11.1 Å². The molecule has 2 aromatic carbocycles. The molecule has 2 aromatic rings. The van der Waals surface area contributed by atoms with Crippen molar-refractivity contribution in [2.45, 2.75) is 12.6 Å². The predicted octanol–water partition coefficient (Wildman–Crippen LogP) is 4.17. The Morgan fingerprint density at radius 2 is 1.66 bits per heavy atom. The first-order valence-corrected chi connectivity index (χ1v) is 8.93. The lowest BCUT2D eigenvalue weighted by Gasteiger charge is -2.16. The monoisotopic (exact) mass is 425 g/mol. The van der Waals surface area contributed by atoms with E-state index in [1.807, 2.05) is 0 Å². The molecule has 1 aliphatic heterocycles. The van der Waals surface area contributed by atoms with E-state index in [9.17, 15) is 27.6 Å². The molecule has 0 saturated heterocycles. The van der Waals surface area contributed by atoms with Gasteiger partial charge in [0.15, 0.2) is 0 Å². The van der Waals surface area contributed by atoms with Gasteiger partial charge in [-0.15, -0.1) is 0 Å². The highest BCUT2D eigenvalue weighted by Crippen LogP contribution is 2.36. The van der Waals surface area contributed by atoms with Gasteiger partial charge >= 0.3 is 12.2 Å². The van der Waals surface area contributed by atoms with E-state index in [1.54, 1.807) is 24.3 Å². The fourth-order valence-electron chi connectivity index (χ4n) is 2.91. The summed E-state index contributed by atoms with van der Waals surface area (Å²) in [4.78, 5) is 37.4. The van der Waals surface area contributed by atoms with E-state index in [1.165, 1.54) is 6.07 Å². The van der Waals surface area contributed by atoms with Gasteiger partial charge in [-0.05, 0) is 36.8 Å². The van der Waals surface area contributed by atoms with Crippen LogP contribution in [0, 0.1) is 0 Å². The Morgan fingerprint density at radius 3 is 2.24 bits per heavy atom. The number of hydrogen-bond donors (Lipinski definition) is 2. The lowest BCUT2D eigenvalue weighted by Crippen LogP contribution is -2.35. The first kappa shape index (κ1) is 20.7. The highest BCUT2D eigenvalue weighted by Gasteiger charge is 2.35. The summed E-state index contributed by atoms with van der Waals surface area (Å²) in [6.45, 7) is 0.121. The van der Waals surface area contributed by atoms with Crippen LogP contribution in [0.5, 0.6) is 0 Å². The Balaban J connectivity index is 1.52. The molecular weight excluding hydrogens is 411 g/mol. The van der Waals surface area contributed by atoms with Gasteiger partial charge in [-0.25, -0.2) is 4.79 Å². The minimum atomic E-state index is -4.68. The minimum absolute atomic E-state index is 0.0498. The van der Waals surface area contributed by atoms with E-state index in [0.717, 1.165) is 17.0 Å². The second-order valence-corrected chi connectivity index (χ2v) is 6.67. The Labute approximate surface area is 168 Å². The molecule has 0 fully saturated rings. The number of fused-ring (bicyclic) bond motifs is 1. The predicted molar refractivity (Wildman–Crippen MR) is 99.9 cm³/mol. The van der Waals surface area contributed by atoms with Crippen LogP contribution in [0.25, 0.3) is 0 Å². The molecule has 29 heavy (non-hydrogen) atoms. The maximum Gasteiger partial charge on any atom is 0.418 e. The molecule has 0 saturated carbocycles. The van der Waals surface area contributed by atoms with Crippen LogP contribution >= 0.6 is 11.6 Å². The molecule has 0 radical (unpaired) electrons. The van der Waals surface area contributed by atoms with E-state index >= 15 is 0 Å². The lowest BCUT2D eigenvalue weighted by atomic mass is 10.1. The number of urea groups is 1. The quantitative estimate of drug-likeness (QED) is 0.557. The Morgan fingerprint density at radius 1 is 1.03 bits per heavy atom. The summed E-state index contributed by atoms with van der Waals surface area (Å²) >= 11 is 5.59. The van der Waals surface area contributed by atoms with E-state index < -0.39 is 35.3 Å². The van der Waals surface area contributed by atoms with E-state index in [4.69, 9.17) is 11.6 Å². The number of amides is 4. The number of anilines is 1. The summed E-state index contributed by atoms with van der Waals surface area (Å²) in [5.74, 6) is -0.822. The zero-order chi connectivity index (χ0) is 21.2. The van der Waals surface area contributed by atoms with Crippen molar-refractivity contribution < 1.29 is 27.6 Å². The largest absolute Gasteiger partial charge is 0.418 e. The SMILES string of the molecule is O=C(NCCCN1C(=O)c2ccccc2C1=O)Nc1ccc(Cl)cc1C(F)(F)F. The summed E-state index contributed by atoms with van der Waals surface area (Å²) in [6, 6.07) is 8.60. The molecule has 4 amide bonds. The van der Waals surface area contributed by atoms with Crippen molar-refractivity contribution in [2.24, 2.45) is 0 Å². The second-order valence-electron chi connectivity index (χ2n) is 6.23. The zero-order valence-corrected chi connectivity index (χ0v) is 15.6. The number of nitrogens with one attached hydrogen (secondary N) is 2. The number of carbonyl (C=O) groups excluding carboxylic acids is 3. The topological polar surface area (TPSA) is 78.5 Å². The number of imide groups is 1. The smallest absolute Gasteiger partial charge is 0.338 e. The highest BCUT2D eigenvalue weighted by atomic mass is 35.5. The molecular formula is C19H15ClF3N3O3. The molecule has 6 nitrogen and oxygen atoms in total. The average molecular weight is 426 g/mol. The maximum atomic E-state index is 13.0. The van der Waals surface area contributed by atoms with Crippen LogP contribution in [0.15, 0.2) is 42.5 Å². The fraction of sp³-hybridized carbons (Fsp3) is 0.211. The van der Waals surface area contributed by atoms with Crippen molar-refractivity contribution in [3.63, 3.8) is 0 Å². The number of benzene rings is 2. The molecule has 0 atom stereocenters. The van der Waals surface area contributed by atoms with Gasteiger partial charge in [0, 0.05) is 18.1 Å². The van der Waals surface area contributed by atoms with Crippen LogP contribution in [-0.4, -0.2) is 35.8 Å². The number of nitrogens with zero attached hydrogens (tertiary/aromatic N) is 1. The summed E-state index contributed by atoms with van der Waals surface area (Å²) in [6.07, 6.45) is -4.44. The van der Waals surface area contributed by atoms with Crippen LogP contribution in [0.1, 0.15) is 32.7 Å². The summed E-state index contributed by atoms with van der Waals surface area (Å²) in [5.41, 5.74) is -0.845. The molecule has 10 heteroatoms. The molecule has 0 aromatic heterocycles. The third-order valence-electron chi connectivity index (χ3n) is 4.26. The standard InChI is InChI=1S/C19H15ClF3N3O3/c20-11-6-7-15(14(10-11)19(21,22)23)25-18(29)24-8-3-9-26-16(27)12-4-1-2-5-13(12)17(26)28/h1-2,4-7,10H,3,8-9H2,(H2,24,25,29). The van der Waals surface area contributed by atoms with E-state index in [-0.39, 0.29) is 24.5 Å². The van der Waals surface area contributed by atoms with Gasteiger partial charge in [-0.1, -0.05) is 23.7 Å². The number of halogens is 4. The minimum Gasteiger partial charge on any atom is -0.338 e. The van der Waals surface area contributed by atoms with Crippen LogP contribution in [0.2, 0.25) is 5.02 Å². The van der Waals surface area contributed by atoms with Crippen LogP contribution in [-0.2, 0) is 6.18 Å². The third-order valence-corrected chi connectivity index (χ3v) is 4.49. The number of rotatable bonds is 5. The van der Waals surface area contributed by atoms with Crippen molar-refractivity contribution >= 4 is 35.1 Å². The van der Waals surface area contributed by atoms with Gasteiger partial charge in [-0.3, -0.25) is 14.5 Å². The van der Waals surface area contributed by atoms with Crippen molar-refractivity contribution in [1.29, 1.82) is 0 Å². The van der Waals surface area contributed by atoms with Crippen molar-refractivity contribution in [1.82, 2.24) is 10.2 Å². The molecule has 2 N–H and O–H groups in total. The first-order valence-electron chi connectivity index (χ1n) is 8.55. The van der Waals surface area contributed by atoms with E-state index in [2.05, 4.69) is 10.6 Å². The summed E-state index contributed by atoms with van der Waals surface area (Å²) < 4.78 is 39.1. The normalized spacial score (nSPS) is 13.4. The van der Waals surface area contributed by atoms with Gasteiger partial charge in [0.2, 0.25) is 0 Å². The molecule has 0 aliphatic carbocycles. The number of hydrogen-bond acceptors (Lipinski definition) is 3. The average Bonchev–Trinajstić information content (AvgIpc) is 2.91. The second kappa shape index (κ2) is 8.12. The van der Waals surface area contributed by atoms with Gasteiger partial charge in [0.25, 0.3) is 11.8 Å². The Kier molecular flexibility index (Phi) is 5.78. The van der Waals surface area contributed by atoms with Gasteiger partial charge in [0.1, 0.15) is 0 Å². The van der Waals surface area contributed by atoms with Crippen LogP contribution in [0.4, 0.5) is 23.7 Å². The van der Waals surface area contributed by atoms with Crippen LogP contribution < -0.4 is 10.6 Å². The van der Waals surface area contributed by atoms with Gasteiger partial charge < -0.3 is 10.6 Å². The highest BCUT2D eigenvalue weighted by molar-refractivity contribution is 6.30. The Bertz CT molecular complexity index is 944. The molecule has 152 valence electrons. The van der Waals surface area contributed by atoms with Gasteiger partial charge in [0.05, 0.1) is 22.4 Å². The van der Waals surface area contributed by atoms with Crippen molar-refractivity contribution in [3.05, 3.63) is 64.2 Å². The molecule has 0 bridgehead atoms. The Hall–Kier alpha value is -3.07. The number of carbonyl (C=O) groups is 3. The zero-order valence-electron chi connectivity index (χ0n) is 14.8. The molecule has 1 aliphatic rings. The lowest BCUT2D eigenvalue weighted by molar-refractivity contribution is -0.136. The maximum absolute atomic E-state index is 13.0. The summed E-state index contributed by atoms with van der Waals surface area (Å²) in [5, 5.41) is 4.42. The molecule has 0 unspecified atom stereocenters. The fourth-order valence-corrected chi connectivity index (χ4v) is 3.08. The van der Waals surface area contributed by atoms with Crippen LogP contribution in [0.3, 0.4) is 0 Å².